The van der Waals surface area contributed by atoms with Gasteiger partial charge in [0.05, 0.1) is 11.6 Å². The number of benzene rings is 1. The molecule has 1 aromatic carbocycles. The van der Waals surface area contributed by atoms with Gasteiger partial charge in [0.25, 0.3) is 0 Å². The summed E-state index contributed by atoms with van der Waals surface area (Å²) in [7, 11) is 1.66. The van der Waals surface area contributed by atoms with Crippen LogP contribution in [0.15, 0.2) is 18.2 Å². The van der Waals surface area contributed by atoms with Gasteiger partial charge in [0.15, 0.2) is 0 Å². The highest BCUT2D eigenvalue weighted by molar-refractivity contribution is 6.30. The normalized spacial score (nSPS) is 16.1. The second kappa shape index (κ2) is 7.22. The van der Waals surface area contributed by atoms with Crippen LogP contribution < -0.4 is 5.32 Å². The summed E-state index contributed by atoms with van der Waals surface area (Å²) in [6, 6.07) is 4.60. The average Bonchev–Trinajstić information content (AvgIpc) is 2.40. The van der Waals surface area contributed by atoms with Crippen molar-refractivity contribution >= 4 is 11.6 Å². The molecule has 2 atom stereocenters. The van der Waals surface area contributed by atoms with Crippen LogP contribution in [0.25, 0.3) is 0 Å². The summed E-state index contributed by atoms with van der Waals surface area (Å²) >= 11 is 5.82. The van der Waals surface area contributed by atoms with E-state index < -0.39 is 5.60 Å². The number of hydrogen-bond acceptors (Lipinski definition) is 2. The molecule has 1 rings (SSSR count). The Hall–Kier alpha value is -0.640. The van der Waals surface area contributed by atoms with Gasteiger partial charge < -0.3 is 10.1 Å². The zero-order valence-corrected chi connectivity index (χ0v) is 12.9. The molecule has 0 aliphatic heterocycles. The first-order chi connectivity index (χ1) is 8.98. The summed E-state index contributed by atoms with van der Waals surface area (Å²) < 4.78 is 19.8. The van der Waals surface area contributed by atoms with Gasteiger partial charge in [-0.3, -0.25) is 0 Å². The maximum atomic E-state index is 14.2. The molecule has 0 aromatic heterocycles. The van der Waals surface area contributed by atoms with Crippen LogP contribution in [0.3, 0.4) is 0 Å². The van der Waals surface area contributed by atoms with Gasteiger partial charge in [-0.2, -0.15) is 0 Å². The van der Waals surface area contributed by atoms with Gasteiger partial charge in [-0.25, -0.2) is 4.39 Å². The molecule has 0 bridgehead atoms. The van der Waals surface area contributed by atoms with E-state index in [1.807, 2.05) is 13.8 Å². The minimum absolute atomic E-state index is 0.195. The van der Waals surface area contributed by atoms with Crippen molar-refractivity contribution < 1.29 is 9.13 Å². The van der Waals surface area contributed by atoms with Crippen LogP contribution in [0.2, 0.25) is 5.02 Å². The molecule has 2 unspecified atom stereocenters. The molecule has 0 saturated carbocycles. The highest BCUT2D eigenvalue weighted by Crippen LogP contribution is 2.33. The third kappa shape index (κ3) is 3.91. The highest BCUT2D eigenvalue weighted by atomic mass is 35.5. The molecule has 19 heavy (non-hydrogen) atoms. The summed E-state index contributed by atoms with van der Waals surface area (Å²) in [6.45, 7) is 6.93. The first kappa shape index (κ1) is 16.4. The molecule has 0 fully saturated rings. The lowest BCUT2D eigenvalue weighted by molar-refractivity contribution is -0.0308. The van der Waals surface area contributed by atoms with E-state index in [4.69, 9.17) is 16.3 Å². The van der Waals surface area contributed by atoms with Gasteiger partial charge in [-0.1, -0.05) is 31.5 Å². The summed E-state index contributed by atoms with van der Waals surface area (Å²) in [5, 5.41) is 3.79. The average molecular weight is 288 g/mol. The molecular weight excluding hydrogens is 265 g/mol. The second-order valence-corrected chi connectivity index (χ2v) is 5.36. The quantitative estimate of drug-likeness (QED) is 0.806. The van der Waals surface area contributed by atoms with Crippen LogP contribution in [0, 0.1) is 5.82 Å². The van der Waals surface area contributed by atoms with E-state index in [0.717, 1.165) is 19.4 Å². The summed E-state index contributed by atoms with van der Waals surface area (Å²) in [5.41, 5.74) is 0.146. The van der Waals surface area contributed by atoms with Crippen LogP contribution in [0.1, 0.15) is 45.2 Å². The SMILES string of the molecule is CCCNC(c1ccc(Cl)cc1F)C(C)(CC)OC. The second-order valence-electron chi connectivity index (χ2n) is 4.92. The van der Waals surface area contributed by atoms with E-state index in [0.29, 0.717) is 10.6 Å². The molecule has 1 aromatic rings. The van der Waals surface area contributed by atoms with E-state index in [2.05, 4.69) is 12.2 Å². The third-order valence-electron chi connectivity index (χ3n) is 3.65. The maximum Gasteiger partial charge on any atom is 0.129 e. The van der Waals surface area contributed by atoms with Crippen molar-refractivity contribution in [3.05, 3.63) is 34.6 Å². The fourth-order valence-corrected chi connectivity index (χ4v) is 2.30. The molecule has 1 N–H and O–H groups in total. The minimum atomic E-state index is -0.455. The standard InChI is InChI=1S/C15H23ClFNO/c1-5-9-18-14(15(3,6-2)19-4)12-8-7-11(16)10-13(12)17/h7-8,10,14,18H,5-6,9H2,1-4H3. The lowest BCUT2D eigenvalue weighted by Gasteiger charge is -2.37. The van der Waals surface area contributed by atoms with Crippen LogP contribution in [-0.4, -0.2) is 19.3 Å². The first-order valence-corrected chi connectivity index (χ1v) is 7.09. The first-order valence-electron chi connectivity index (χ1n) is 6.72. The molecule has 0 aliphatic rings. The van der Waals surface area contributed by atoms with Crippen molar-refractivity contribution in [2.24, 2.45) is 0 Å². The molecule has 4 heteroatoms. The van der Waals surface area contributed by atoms with Crippen molar-refractivity contribution in [3.63, 3.8) is 0 Å². The van der Waals surface area contributed by atoms with Crippen LogP contribution in [0.5, 0.6) is 0 Å². The molecule has 0 amide bonds. The Labute approximate surface area is 120 Å². The van der Waals surface area contributed by atoms with Crippen molar-refractivity contribution in [3.8, 4) is 0 Å². The van der Waals surface area contributed by atoms with Crippen LogP contribution in [-0.2, 0) is 4.74 Å². The highest BCUT2D eigenvalue weighted by Gasteiger charge is 2.35. The third-order valence-corrected chi connectivity index (χ3v) is 3.89. The van der Waals surface area contributed by atoms with Crippen molar-refractivity contribution in [1.82, 2.24) is 5.32 Å². The number of methoxy groups -OCH3 is 1. The fraction of sp³-hybridized carbons (Fsp3) is 0.600. The molecule has 0 radical (unpaired) electrons. The summed E-state index contributed by atoms with van der Waals surface area (Å²) in [5.74, 6) is -0.294. The van der Waals surface area contributed by atoms with E-state index in [9.17, 15) is 4.39 Å². The van der Waals surface area contributed by atoms with E-state index in [1.54, 1.807) is 19.2 Å². The Balaban J connectivity index is 3.15. The Morgan fingerprint density at radius 1 is 1.42 bits per heavy atom. The Kier molecular flexibility index (Phi) is 6.24. The summed E-state index contributed by atoms with van der Waals surface area (Å²) in [6.07, 6.45) is 1.77. The monoisotopic (exact) mass is 287 g/mol. The number of ether oxygens (including phenoxy) is 1. The molecule has 0 spiro atoms. The molecule has 0 aliphatic carbocycles. The molecule has 0 heterocycles. The lowest BCUT2D eigenvalue weighted by atomic mass is 9.87. The smallest absolute Gasteiger partial charge is 0.129 e. The molecule has 2 nitrogen and oxygen atoms in total. The number of nitrogens with one attached hydrogen (secondary N) is 1. The number of halogens is 2. The maximum absolute atomic E-state index is 14.2. The van der Waals surface area contributed by atoms with Crippen molar-refractivity contribution in [2.75, 3.05) is 13.7 Å². The zero-order chi connectivity index (χ0) is 14.5. The molecular formula is C15H23ClFNO. The molecule has 0 saturated heterocycles. The Morgan fingerprint density at radius 3 is 2.58 bits per heavy atom. The molecule has 108 valence electrons. The topological polar surface area (TPSA) is 21.3 Å². The van der Waals surface area contributed by atoms with Crippen molar-refractivity contribution in [1.29, 1.82) is 0 Å². The van der Waals surface area contributed by atoms with Gasteiger partial charge >= 0.3 is 0 Å². The van der Waals surface area contributed by atoms with Crippen molar-refractivity contribution in [2.45, 2.75) is 45.3 Å². The van der Waals surface area contributed by atoms with E-state index in [-0.39, 0.29) is 11.9 Å². The minimum Gasteiger partial charge on any atom is -0.377 e. The van der Waals surface area contributed by atoms with Crippen LogP contribution >= 0.6 is 11.6 Å². The predicted molar refractivity (Wildman–Crippen MR) is 78.1 cm³/mol. The lowest BCUT2D eigenvalue weighted by Crippen LogP contribution is -2.43. The summed E-state index contributed by atoms with van der Waals surface area (Å²) in [4.78, 5) is 0. The van der Waals surface area contributed by atoms with Gasteiger partial charge in [0.2, 0.25) is 0 Å². The van der Waals surface area contributed by atoms with Gasteiger partial charge in [0.1, 0.15) is 5.82 Å². The number of rotatable bonds is 7. The van der Waals surface area contributed by atoms with Gasteiger partial charge in [0, 0.05) is 17.7 Å². The largest absolute Gasteiger partial charge is 0.377 e. The predicted octanol–water partition coefficient (Wildman–Crippen LogP) is 4.33. The van der Waals surface area contributed by atoms with Gasteiger partial charge in [-0.05, 0) is 38.4 Å². The fourth-order valence-electron chi connectivity index (χ4n) is 2.15. The van der Waals surface area contributed by atoms with Gasteiger partial charge in [-0.15, -0.1) is 0 Å². The van der Waals surface area contributed by atoms with E-state index in [1.165, 1.54) is 6.07 Å². The zero-order valence-electron chi connectivity index (χ0n) is 12.1. The number of hydrogen-bond donors (Lipinski definition) is 1. The Morgan fingerprint density at radius 2 is 2.11 bits per heavy atom. The van der Waals surface area contributed by atoms with Crippen LogP contribution in [0.4, 0.5) is 4.39 Å². The Bertz CT molecular complexity index is 407. The van der Waals surface area contributed by atoms with E-state index >= 15 is 0 Å².